The van der Waals surface area contributed by atoms with Crippen molar-refractivity contribution in [2.24, 2.45) is 0 Å². The van der Waals surface area contributed by atoms with Gasteiger partial charge in [0.2, 0.25) is 0 Å². The molecule has 1 spiro atoms. The van der Waals surface area contributed by atoms with Gasteiger partial charge in [-0.2, -0.15) is 0 Å². The third-order valence-corrected chi connectivity index (χ3v) is 13.3. The maximum absolute atomic E-state index is 7.25. The summed E-state index contributed by atoms with van der Waals surface area (Å²) in [6, 6.07) is 84.7. The van der Waals surface area contributed by atoms with Gasteiger partial charge < -0.3 is 14.4 Å². The fourth-order valence-corrected chi connectivity index (χ4v) is 10.6. The molecule has 1 heterocycles. The van der Waals surface area contributed by atoms with Gasteiger partial charge in [0.25, 0.3) is 0 Å². The molecule has 0 unspecified atom stereocenters. The Bertz CT molecular complexity index is 3400. The lowest BCUT2D eigenvalue weighted by molar-refractivity contribution is 0.360. The minimum Gasteiger partial charge on any atom is -0.449 e. The molecule has 0 saturated carbocycles. The maximum Gasteiger partial charge on any atom is 0.194 e. The van der Waals surface area contributed by atoms with Crippen LogP contribution in [0.2, 0.25) is 0 Å². The molecule has 0 amide bonds. The van der Waals surface area contributed by atoms with Crippen LogP contribution in [0.15, 0.2) is 237 Å². The third-order valence-electron chi connectivity index (χ3n) is 13.3. The second kappa shape index (κ2) is 14.3. The monoisotopic (exact) mass is 817 g/mol. The van der Waals surface area contributed by atoms with E-state index >= 15 is 0 Å². The molecule has 0 bridgehead atoms. The van der Waals surface area contributed by atoms with E-state index in [1.54, 1.807) is 0 Å². The number of ether oxygens (including phenoxy) is 2. The average Bonchev–Trinajstić information content (AvgIpc) is 3.83. The van der Waals surface area contributed by atoms with E-state index in [-0.39, 0.29) is 0 Å². The lowest BCUT2D eigenvalue weighted by Crippen LogP contribution is -2.25. The van der Waals surface area contributed by atoms with Gasteiger partial charge in [0.05, 0.1) is 16.8 Å². The van der Waals surface area contributed by atoms with E-state index in [0.717, 1.165) is 56.0 Å². The highest BCUT2D eigenvalue weighted by Gasteiger charge is 2.52. The summed E-state index contributed by atoms with van der Waals surface area (Å²) >= 11 is 0. The van der Waals surface area contributed by atoms with Crippen molar-refractivity contribution in [2.45, 2.75) is 5.41 Å². The van der Waals surface area contributed by atoms with Crippen LogP contribution in [0.5, 0.6) is 23.0 Å². The highest BCUT2D eigenvalue weighted by Crippen LogP contribution is 2.65. The van der Waals surface area contributed by atoms with Crippen molar-refractivity contribution < 1.29 is 9.47 Å². The molecule has 2 aliphatic carbocycles. The average molecular weight is 818 g/mol. The first-order chi connectivity index (χ1) is 31.7. The number of hydrogen-bond acceptors (Lipinski definition) is 3. The Labute approximate surface area is 372 Å². The highest BCUT2D eigenvalue weighted by molar-refractivity contribution is 5.97. The van der Waals surface area contributed by atoms with Crippen molar-refractivity contribution in [2.75, 3.05) is 4.90 Å². The van der Waals surface area contributed by atoms with Crippen molar-refractivity contribution in [3.05, 3.63) is 259 Å². The molecule has 0 fully saturated rings. The zero-order valence-electron chi connectivity index (χ0n) is 34.8. The van der Waals surface area contributed by atoms with Crippen molar-refractivity contribution >= 4 is 17.1 Å². The number of para-hydroxylation sites is 1. The minimum atomic E-state index is -0.486. The predicted molar refractivity (Wildman–Crippen MR) is 260 cm³/mol. The molecule has 10 aromatic carbocycles. The number of hydrogen-bond donors (Lipinski definition) is 0. The molecule has 3 aliphatic rings. The van der Waals surface area contributed by atoms with E-state index < -0.39 is 5.41 Å². The predicted octanol–water partition coefficient (Wildman–Crippen LogP) is 16.4. The second-order valence-electron chi connectivity index (χ2n) is 16.8. The molecular formula is C61H39NO2. The van der Waals surface area contributed by atoms with Crippen LogP contribution in [-0.2, 0) is 5.41 Å². The number of benzene rings is 10. The van der Waals surface area contributed by atoms with Crippen LogP contribution in [0.1, 0.15) is 22.3 Å². The maximum atomic E-state index is 7.25. The van der Waals surface area contributed by atoms with Gasteiger partial charge in [-0.1, -0.05) is 188 Å². The van der Waals surface area contributed by atoms with Crippen molar-refractivity contribution in [3.8, 4) is 78.6 Å². The zero-order chi connectivity index (χ0) is 42.2. The summed E-state index contributed by atoms with van der Waals surface area (Å²) in [7, 11) is 0. The van der Waals surface area contributed by atoms with E-state index in [1.165, 1.54) is 38.9 Å². The summed E-state index contributed by atoms with van der Waals surface area (Å²) in [4.78, 5) is 2.33. The van der Waals surface area contributed by atoms with Crippen LogP contribution in [-0.4, -0.2) is 0 Å². The second-order valence-corrected chi connectivity index (χ2v) is 16.8. The number of fused-ring (bicyclic) bond motifs is 12. The molecule has 0 aromatic heterocycles. The molecule has 0 N–H and O–H groups in total. The van der Waals surface area contributed by atoms with Crippen LogP contribution in [0, 0.1) is 0 Å². The lowest BCUT2D eigenvalue weighted by atomic mass is 9.70. The van der Waals surface area contributed by atoms with Gasteiger partial charge in [0.1, 0.15) is 0 Å². The van der Waals surface area contributed by atoms with Crippen LogP contribution >= 0.6 is 0 Å². The number of anilines is 3. The molecule has 3 heteroatoms. The van der Waals surface area contributed by atoms with Crippen molar-refractivity contribution in [3.63, 3.8) is 0 Å². The Kier molecular flexibility index (Phi) is 8.13. The Morgan fingerprint density at radius 2 is 0.797 bits per heavy atom. The van der Waals surface area contributed by atoms with Gasteiger partial charge in [-0.05, 0) is 121 Å². The van der Waals surface area contributed by atoms with Crippen molar-refractivity contribution in [1.29, 1.82) is 0 Å². The quantitative estimate of drug-likeness (QED) is 0.167. The first-order valence-electron chi connectivity index (χ1n) is 21.9. The molecule has 300 valence electrons. The molecule has 1 aliphatic heterocycles. The summed E-state index contributed by atoms with van der Waals surface area (Å²) < 4.78 is 14.3. The summed E-state index contributed by atoms with van der Waals surface area (Å²) in [5, 5.41) is 0. The summed E-state index contributed by atoms with van der Waals surface area (Å²) in [5.74, 6) is 2.70. The topological polar surface area (TPSA) is 21.7 Å². The Hall–Kier alpha value is -8.40. The summed E-state index contributed by atoms with van der Waals surface area (Å²) in [6.07, 6.45) is 0. The Morgan fingerprint density at radius 1 is 0.281 bits per heavy atom. The van der Waals surface area contributed by atoms with E-state index in [4.69, 9.17) is 9.47 Å². The van der Waals surface area contributed by atoms with Gasteiger partial charge in [-0.15, -0.1) is 0 Å². The first kappa shape index (κ1) is 36.3. The number of rotatable bonds is 6. The standard InChI is InChI=1S/C61H39NO2/c1-4-18-40(19-5-1)43-24-16-25-45(36-43)62(55-35-34-44(41-20-6-2-7-21-41)37-49(55)42-22-8-3-9-23-42)56-32-17-33-57-60(56)64-58-38-50-48-28-12-15-31-53(48)61(54(50)39-59(58)63-57)51-29-13-10-26-46(51)47-27-11-14-30-52(47)61/h1-39H. The minimum absolute atomic E-state index is 0.486. The summed E-state index contributed by atoms with van der Waals surface area (Å²) in [6.45, 7) is 0. The van der Waals surface area contributed by atoms with Crippen LogP contribution in [0.25, 0.3) is 55.6 Å². The molecule has 0 atom stereocenters. The smallest absolute Gasteiger partial charge is 0.194 e. The van der Waals surface area contributed by atoms with Gasteiger partial charge >= 0.3 is 0 Å². The van der Waals surface area contributed by atoms with Crippen LogP contribution < -0.4 is 14.4 Å². The molecule has 0 saturated heterocycles. The fraction of sp³-hybridized carbons (Fsp3) is 0.0164. The summed E-state index contributed by atoms with van der Waals surface area (Å²) in [5.41, 5.74) is 19.2. The SMILES string of the molecule is c1ccc(-c2cccc(N(c3ccc(-c4ccccc4)cc3-c3ccccc3)c3cccc4c3Oc3cc5c(cc3O4)C3(c4ccccc4-c4ccccc43)c3ccccc3-5)c2)cc1. The zero-order valence-corrected chi connectivity index (χ0v) is 34.8. The largest absolute Gasteiger partial charge is 0.449 e. The van der Waals surface area contributed by atoms with E-state index in [9.17, 15) is 0 Å². The first-order valence-corrected chi connectivity index (χ1v) is 21.9. The van der Waals surface area contributed by atoms with Gasteiger partial charge in [0.15, 0.2) is 23.0 Å². The fourth-order valence-electron chi connectivity index (χ4n) is 10.6. The Balaban J connectivity index is 1.01. The van der Waals surface area contributed by atoms with Gasteiger partial charge in [-0.3, -0.25) is 0 Å². The lowest BCUT2D eigenvalue weighted by Gasteiger charge is -2.33. The highest BCUT2D eigenvalue weighted by atomic mass is 16.6. The molecule has 13 rings (SSSR count). The van der Waals surface area contributed by atoms with Gasteiger partial charge in [-0.25, -0.2) is 0 Å². The molecule has 0 radical (unpaired) electrons. The van der Waals surface area contributed by atoms with E-state index in [0.29, 0.717) is 23.0 Å². The van der Waals surface area contributed by atoms with E-state index in [2.05, 4.69) is 235 Å². The Morgan fingerprint density at radius 3 is 1.44 bits per heavy atom. The molecule has 64 heavy (non-hydrogen) atoms. The van der Waals surface area contributed by atoms with Crippen LogP contribution in [0.3, 0.4) is 0 Å². The number of nitrogens with zero attached hydrogens (tertiary/aromatic N) is 1. The van der Waals surface area contributed by atoms with E-state index in [1.807, 2.05) is 6.07 Å². The molecular weight excluding hydrogens is 779 g/mol. The van der Waals surface area contributed by atoms with Crippen LogP contribution in [0.4, 0.5) is 17.1 Å². The normalized spacial score (nSPS) is 13.1. The van der Waals surface area contributed by atoms with Gasteiger partial charge in [0, 0.05) is 11.3 Å². The van der Waals surface area contributed by atoms with Crippen molar-refractivity contribution in [1.82, 2.24) is 0 Å². The molecule has 10 aromatic rings. The molecule has 3 nitrogen and oxygen atoms in total. The third kappa shape index (κ3) is 5.41.